The van der Waals surface area contributed by atoms with Crippen molar-refractivity contribution >= 4 is 11.5 Å². The quantitative estimate of drug-likeness (QED) is 0.785. The Hall–Kier alpha value is -1.94. The largest absolute Gasteiger partial charge is 0.325 e. The second-order valence-corrected chi connectivity index (χ2v) is 4.64. The smallest absolute Gasteiger partial charge is 0.155 e. The van der Waals surface area contributed by atoms with Crippen molar-refractivity contribution < 1.29 is 0 Å². The van der Waals surface area contributed by atoms with Gasteiger partial charge in [-0.15, -0.1) is 5.10 Å². The van der Waals surface area contributed by atoms with E-state index in [1.54, 1.807) is 0 Å². The predicted molar refractivity (Wildman–Crippen MR) is 83.2 cm³/mol. The van der Waals surface area contributed by atoms with Gasteiger partial charge in [0, 0.05) is 18.8 Å². The first kappa shape index (κ1) is 14.5. The third-order valence-corrected chi connectivity index (χ3v) is 3.10. The summed E-state index contributed by atoms with van der Waals surface area (Å²) in [4.78, 5) is 2.15. The van der Waals surface area contributed by atoms with Crippen LogP contribution in [0.1, 0.15) is 26.0 Å². The second-order valence-electron chi connectivity index (χ2n) is 4.64. The van der Waals surface area contributed by atoms with Crippen molar-refractivity contribution in [3.05, 3.63) is 48.2 Å². The van der Waals surface area contributed by atoms with E-state index >= 15 is 0 Å². The van der Waals surface area contributed by atoms with E-state index in [2.05, 4.69) is 46.4 Å². The lowest BCUT2D eigenvalue weighted by atomic mass is 10.2. The molecule has 0 radical (unpaired) electrons. The minimum atomic E-state index is 0.776. The molecule has 0 spiro atoms. The van der Waals surface area contributed by atoms with Crippen LogP contribution in [0.2, 0.25) is 0 Å². The molecule has 1 N–H and O–H groups in total. The number of hydrogen-bond donors (Lipinski definition) is 1. The van der Waals surface area contributed by atoms with Crippen LogP contribution in [0, 0.1) is 0 Å². The molecule has 4 nitrogen and oxygen atoms in total. The highest BCUT2D eigenvalue weighted by molar-refractivity contribution is 5.59. The van der Waals surface area contributed by atoms with Gasteiger partial charge in [-0.3, -0.25) is 0 Å². The maximum atomic E-state index is 4.34. The predicted octanol–water partition coefficient (Wildman–Crippen LogP) is 3.13. The average molecular weight is 270 g/mol. The summed E-state index contributed by atoms with van der Waals surface area (Å²) in [6.45, 7) is 6.92. The van der Waals surface area contributed by atoms with Crippen LogP contribution in [0.4, 0.5) is 11.5 Å². The summed E-state index contributed by atoms with van der Waals surface area (Å²) in [5.41, 5.74) is 2.12. The van der Waals surface area contributed by atoms with E-state index < -0.39 is 0 Å². The highest BCUT2D eigenvalue weighted by atomic mass is 15.3. The molecule has 4 heteroatoms. The fraction of sp³-hybridized carbons (Fsp3) is 0.375. The molecule has 0 aliphatic heterocycles. The Bertz CT molecular complexity index is 496. The van der Waals surface area contributed by atoms with Crippen molar-refractivity contribution in [3.8, 4) is 0 Å². The molecule has 0 unspecified atom stereocenters. The van der Waals surface area contributed by atoms with Gasteiger partial charge in [-0.25, -0.2) is 0 Å². The Labute approximate surface area is 120 Å². The van der Waals surface area contributed by atoms with Gasteiger partial charge in [0.05, 0.1) is 5.69 Å². The fourth-order valence-corrected chi connectivity index (χ4v) is 2.07. The highest BCUT2D eigenvalue weighted by Crippen LogP contribution is 2.21. The van der Waals surface area contributed by atoms with Crippen LogP contribution < -0.4 is 10.2 Å². The zero-order chi connectivity index (χ0) is 14.2. The summed E-state index contributed by atoms with van der Waals surface area (Å²) >= 11 is 0. The molecule has 1 aromatic heterocycles. The lowest BCUT2D eigenvalue weighted by Crippen LogP contribution is -2.19. The molecule has 0 saturated carbocycles. The van der Waals surface area contributed by atoms with E-state index in [0.29, 0.717) is 0 Å². The first-order valence-corrected chi connectivity index (χ1v) is 7.21. The fourth-order valence-electron chi connectivity index (χ4n) is 2.07. The Morgan fingerprint density at radius 1 is 1.00 bits per heavy atom. The van der Waals surface area contributed by atoms with Crippen LogP contribution in [-0.4, -0.2) is 23.3 Å². The van der Waals surface area contributed by atoms with Crippen molar-refractivity contribution in [2.75, 3.05) is 18.0 Å². The van der Waals surface area contributed by atoms with Crippen molar-refractivity contribution in [1.29, 1.82) is 0 Å². The molecule has 106 valence electrons. The third kappa shape index (κ3) is 3.78. The van der Waals surface area contributed by atoms with E-state index in [1.807, 2.05) is 30.3 Å². The van der Waals surface area contributed by atoms with Gasteiger partial charge in [0.2, 0.25) is 0 Å². The Kier molecular flexibility index (Phi) is 5.50. The van der Waals surface area contributed by atoms with Gasteiger partial charge >= 0.3 is 0 Å². The summed E-state index contributed by atoms with van der Waals surface area (Å²) in [6.07, 6.45) is 1.13. The monoisotopic (exact) mass is 270 g/mol. The maximum Gasteiger partial charge on any atom is 0.155 e. The maximum absolute atomic E-state index is 4.34. The second kappa shape index (κ2) is 7.60. The van der Waals surface area contributed by atoms with Crippen LogP contribution in [0.25, 0.3) is 0 Å². The van der Waals surface area contributed by atoms with E-state index in [-0.39, 0.29) is 0 Å². The number of aromatic nitrogens is 2. The number of para-hydroxylation sites is 1. The van der Waals surface area contributed by atoms with E-state index in [1.165, 1.54) is 0 Å². The minimum absolute atomic E-state index is 0.776. The SMILES string of the molecule is CCCNCc1ccc(N(CC)c2ccccc2)nn1. The van der Waals surface area contributed by atoms with E-state index in [0.717, 1.165) is 43.3 Å². The molecule has 0 fully saturated rings. The molecule has 0 saturated heterocycles. The van der Waals surface area contributed by atoms with Gasteiger partial charge in [-0.1, -0.05) is 25.1 Å². The molecule has 0 aliphatic rings. The van der Waals surface area contributed by atoms with Crippen molar-refractivity contribution in [3.63, 3.8) is 0 Å². The number of nitrogens with zero attached hydrogens (tertiary/aromatic N) is 3. The molecule has 1 heterocycles. The number of benzene rings is 1. The highest BCUT2D eigenvalue weighted by Gasteiger charge is 2.08. The van der Waals surface area contributed by atoms with Gasteiger partial charge in [-0.05, 0) is 44.2 Å². The third-order valence-electron chi connectivity index (χ3n) is 3.10. The Morgan fingerprint density at radius 2 is 1.80 bits per heavy atom. The van der Waals surface area contributed by atoms with Gasteiger partial charge in [0.25, 0.3) is 0 Å². The Morgan fingerprint density at radius 3 is 2.40 bits per heavy atom. The van der Waals surface area contributed by atoms with Crippen LogP contribution in [0.3, 0.4) is 0 Å². The molecule has 0 bridgehead atoms. The lowest BCUT2D eigenvalue weighted by molar-refractivity contribution is 0.656. The van der Waals surface area contributed by atoms with Gasteiger partial charge in [0.1, 0.15) is 0 Å². The first-order valence-electron chi connectivity index (χ1n) is 7.21. The molecule has 0 atom stereocenters. The molecular weight excluding hydrogens is 248 g/mol. The Balaban J connectivity index is 2.08. The molecule has 2 aromatic rings. The van der Waals surface area contributed by atoms with Gasteiger partial charge in [0.15, 0.2) is 5.82 Å². The normalized spacial score (nSPS) is 10.5. The molecule has 2 rings (SSSR count). The molecule has 0 aliphatic carbocycles. The van der Waals surface area contributed by atoms with E-state index in [4.69, 9.17) is 0 Å². The minimum Gasteiger partial charge on any atom is -0.325 e. The lowest BCUT2D eigenvalue weighted by Gasteiger charge is -2.21. The average Bonchev–Trinajstić information content (AvgIpc) is 2.51. The summed E-state index contributed by atoms with van der Waals surface area (Å²) in [5, 5.41) is 12.0. The summed E-state index contributed by atoms with van der Waals surface area (Å²) in [5.74, 6) is 0.887. The molecule has 20 heavy (non-hydrogen) atoms. The van der Waals surface area contributed by atoms with E-state index in [9.17, 15) is 0 Å². The zero-order valence-corrected chi connectivity index (χ0v) is 12.2. The van der Waals surface area contributed by atoms with Crippen LogP contribution in [0.15, 0.2) is 42.5 Å². The van der Waals surface area contributed by atoms with Gasteiger partial charge in [-0.2, -0.15) is 5.10 Å². The van der Waals surface area contributed by atoms with Crippen LogP contribution in [-0.2, 0) is 6.54 Å². The number of anilines is 2. The van der Waals surface area contributed by atoms with Crippen LogP contribution >= 0.6 is 0 Å². The number of rotatable bonds is 7. The number of nitrogens with one attached hydrogen (secondary N) is 1. The molecule has 0 amide bonds. The van der Waals surface area contributed by atoms with Crippen molar-refractivity contribution in [1.82, 2.24) is 15.5 Å². The van der Waals surface area contributed by atoms with Gasteiger partial charge < -0.3 is 10.2 Å². The summed E-state index contributed by atoms with van der Waals surface area (Å²) in [7, 11) is 0. The summed E-state index contributed by atoms with van der Waals surface area (Å²) in [6, 6.07) is 14.3. The first-order chi connectivity index (χ1) is 9.85. The van der Waals surface area contributed by atoms with Crippen LogP contribution in [0.5, 0.6) is 0 Å². The number of hydrogen-bond acceptors (Lipinski definition) is 4. The van der Waals surface area contributed by atoms with Crippen molar-refractivity contribution in [2.45, 2.75) is 26.8 Å². The topological polar surface area (TPSA) is 41.0 Å². The molecular formula is C16H22N4. The standard InChI is InChI=1S/C16H22N4/c1-3-12-17-13-14-10-11-16(19-18-14)20(4-2)15-8-6-5-7-9-15/h5-11,17H,3-4,12-13H2,1-2H3. The molecule has 1 aromatic carbocycles. The summed E-state index contributed by atoms with van der Waals surface area (Å²) < 4.78 is 0. The van der Waals surface area contributed by atoms with Crippen molar-refractivity contribution in [2.24, 2.45) is 0 Å². The zero-order valence-electron chi connectivity index (χ0n) is 12.2.